The van der Waals surface area contributed by atoms with Gasteiger partial charge in [0.2, 0.25) is 0 Å². The van der Waals surface area contributed by atoms with Gasteiger partial charge in [-0.15, -0.1) is 0 Å². The Labute approximate surface area is 309 Å². The molecule has 1 aromatic heterocycles. The zero-order valence-corrected chi connectivity index (χ0v) is 31.8. The van der Waals surface area contributed by atoms with Crippen LogP contribution < -0.4 is 11.1 Å². The molecule has 2 heterocycles. The van der Waals surface area contributed by atoms with E-state index in [0.29, 0.717) is 63.1 Å². The van der Waals surface area contributed by atoms with Gasteiger partial charge in [0.05, 0.1) is 57.3 Å². The Bertz CT molecular complexity index is 1440. The number of carbonyl (C=O) groups excluding carboxylic acids is 4. The van der Waals surface area contributed by atoms with Crippen molar-refractivity contribution in [3.63, 3.8) is 0 Å². The van der Waals surface area contributed by atoms with Gasteiger partial charge in [-0.3, -0.25) is 4.79 Å². The molecule has 4 N–H and O–H groups in total. The molecule has 2 aromatic rings. The minimum atomic E-state index is -1.25. The molecule has 288 valence electrons. The Morgan fingerprint density at radius 2 is 1.77 bits per heavy atom. The van der Waals surface area contributed by atoms with Gasteiger partial charge in [-0.05, 0) is 43.1 Å². The van der Waals surface area contributed by atoms with Crippen LogP contribution in [0.15, 0.2) is 42.9 Å². The van der Waals surface area contributed by atoms with Gasteiger partial charge in [0.15, 0.2) is 6.04 Å². The number of imidazole rings is 1. The number of imide groups is 1. The van der Waals surface area contributed by atoms with Crippen LogP contribution in [-0.2, 0) is 34.2 Å². The molecule has 13 heteroatoms. The third kappa shape index (κ3) is 11.3. The highest BCUT2D eigenvalue weighted by atomic mass is 16.5. The van der Waals surface area contributed by atoms with Crippen LogP contribution >= 0.6 is 0 Å². The van der Waals surface area contributed by atoms with Crippen LogP contribution in [0, 0.1) is 11.8 Å². The molecular weight excluding hydrogens is 662 g/mol. The van der Waals surface area contributed by atoms with Crippen LogP contribution in [0.5, 0.6) is 0 Å². The third-order valence-electron chi connectivity index (χ3n) is 10.9. The number of nitrogens with one attached hydrogen (secondary N) is 1. The molecule has 2 fully saturated rings. The maximum Gasteiger partial charge on any atom is 0.421 e. The molecule has 1 aromatic carbocycles. The van der Waals surface area contributed by atoms with Gasteiger partial charge in [0.1, 0.15) is 0 Å². The van der Waals surface area contributed by atoms with Crippen LogP contribution in [-0.4, -0.2) is 117 Å². The Hall–Kier alpha value is -3.81. The van der Waals surface area contributed by atoms with Crippen molar-refractivity contribution in [2.75, 3.05) is 46.4 Å². The van der Waals surface area contributed by atoms with Gasteiger partial charge < -0.3 is 35.3 Å². The SMILES string of the molecule is CC(C)CC[C@H](O)[C@H](CC1CCCCC1)N(CCNC(=O)N1CCOCC1)C(=O)[C@H](Cc1cn(C)cn1)[N+](C)(C(N)=O)C(=O)CCc1ccccc1. The number of aliphatic hydroxyl groups is 1. The number of carbonyl (C=O) groups is 4. The minimum Gasteiger partial charge on any atom is -0.391 e. The van der Waals surface area contributed by atoms with Crippen molar-refractivity contribution in [2.45, 2.75) is 103 Å². The average molecular weight is 725 g/mol. The highest BCUT2D eigenvalue weighted by molar-refractivity contribution is 5.90. The molecule has 0 radical (unpaired) electrons. The summed E-state index contributed by atoms with van der Waals surface area (Å²) in [5, 5.41) is 14.9. The van der Waals surface area contributed by atoms with E-state index >= 15 is 4.79 Å². The number of amides is 6. The fourth-order valence-electron chi connectivity index (χ4n) is 7.59. The summed E-state index contributed by atoms with van der Waals surface area (Å²) in [5.41, 5.74) is 7.58. The average Bonchev–Trinajstić information content (AvgIpc) is 3.57. The number of likely N-dealkylation sites (N-methyl/N-ethyl adjacent to an activating group) is 1. The second-order valence-electron chi connectivity index (χ2n) is 15.3. The van der Waals surface area contributed by atoms with Crippen molar-refractivity contribution >= 4 is 23.9 Å². The maximum atomic E-state index is 15.4. The lowest BCUT2D eigenvalue weighted by Crippen LogP contribution is -2.69. The van der Waals surface area contributed by atoms with Gasteiger partial charge in [-0.1, -0.05) is 76.3 Å². The number of ether oxygens (including phenoxy) is 1. The lowest BCUT2D eigenvalue weighted by molar-refractivity contribution is -0.770. The van der Waals surface area contributed by atoms with Gasteiger partial charge in [0.25, 0.3) is 5.91 Å². The first-order valence-electron chi connectivity index (χ1n) is 19.2. The number of nitrogens with zero attached hydrogens (tertiary/aromatic N) is 5. The van der Waals surface area contributed by atoms with Crippen LogP contribution in [0.2, 0.25) is 0 Å². The predicted octanol–water partition coefficient (Wildman–Crippen LogP) is 4.02. The second kappa shape index (κ2) is 19.9. The summed E-state index contributed by atoms with van der Waals surface area (Å²) in [6, 6.07) is 6.48. The largest absolute Gasteiger partial charge is 0.421 e. The summed E-state index contributed by atoms with van der Waals surface area (Å²) < 4.78 is 6.21. The fraction of sp³-hybridized carbons (Fsp3) is 0.667. The van der Waals surface area contributed by atoms with E-state index in [-0.39, 0.29) is 32.0 Å². The molecule has 1 aliphatic heterocycles. The standard InChI is InChI=1S/C39H61N7O6/c1-29(2)15-17-35(47)33(25-31-13-9-6-10-14-31)45(20-19-41-39(51)44-21-23-52-24-22-44)37(49)34(26-32-27-43(3)28-42-32)46(4,38(40)50)36(48)18-16-30-11-7-5-8-12-30/h5,7-8,11-12,27-29,31,33-35,47H,6,9-10,13-26H2,1-4H3,(H2-,40,41,50,51)/p+1/t33-,34-,35-,46?/m0/s1. The Kier molecular flexibility index (Phi) is 15.6. The van der Waals surface area contributed by atoms with Crippen molar-refractivity contribution in [1.82, 2.24) is 24.7 Å². The van der Waals surface area contributed by atoms with E-state index in [2.05, 4.69) is 24.1 Å². The maximum absolute atomic E-state index is 15.4. The lowest BCUT2D eigenvalue weighted by atomic mass is 9.82. The van der Waals surface area contributed by atoms with Crippen LogP contribution in [0.25, 0.3) is 0 Å². The van der Waals surface area contributed by atoms with Crippen LogP contribution in [0.1, 0.15) is 82.9 Å². The molecule has 2 aliphatic rings. The first-order valence-corrected chi connectivity index (χ1v) is 19.2. The topological polar surface area (TPSA) is 160 Å². The molecule has 13 nitrogen and oxygen atoms in total. The molecule has 0 bridgehead atoms. The third-order valence-corrected chi connectivity index (χ3v) is 10.9. The first-order chi connectivity index (χ1) is 24.9. The Morgan fingerprint density at radius 1 is 1.08 bits per heavy atom. The second-order valence-corrected chi connectivity index (χ2v) is 15.3. The smallest absolute Gasteiger partial charge is 0.391 e. The summed E-state index contributed by atoms with van der Waals surface area (Å²) >= 11 is 0. The van der Waals surface area contributed by atoms with E-state index in [0.717, 1.165) is 37.7 Å². The number of aliphatic hydroxyl groups excluding tert-OH is 1. The number of aromatic nitrogens is 2. The summed E-state index contributed by atoms with van der Waals surface area (Å²) in [6.07, 6.45) is 10.1. The zero-order chi connectivity index (χ0) is 37.7. The number of rotatable bonds is 17. The van der Waals surface area contributed by atoms with E-state index in [1.165, 1.54) is 13.5 Å². The van der Waals surface area contributed by atoms with E-state index in [1.807, 2.05) is 37.4 Å². The zero-order valence-electron chi connectivity index (χ0n) is 31.8. The van der Waals surface area contributed by atoms with Crippen molar-refractivity contribution in [2.24, 2.45) is 24.6 Å². The number of primary amides is 1. The summed E-state index contributed by atoms with van der Waals surface area (Å²) in [4.78, 5) is 64.1. The number of hydrogen-bond donors (Lipinski definition) is 3. The van der Waals surface area contributed by atoms with Crippen LogP contribution in [0.3, 0.4) is 0 Å². The molecule has 52 heavy (non-hydrogen) atoms. The van der Waals surface area contributed by atoms with Crippen LogP contribution in [0.4, 0.5) is 9.59 Å². The Morgan fingerprint density at radius 3 is 2.38 bits per heavy atom. The molecular formula is C39H62N7O6+. The molecule has 1 aliphatic carbocycles. The summed E-state index contributed by atoms with van der Waals surface area (Å²) in [5.74, 6) is -0.291. The van der Waals surface area contributed by atoms with Crippen molar-refractivity contribution in [1.29, 1.82) is 0 Å². The number of hydrogen-bond acceptors (Lipinski definition) is 7. The quantitative estimate of drug-likeness (QED) is 0.208. The molecule has 4 atom stereocenters. The number of benzene rings is 1. The van der Waals surface area contributed by atoms with E-state index < -0.39 is 40.5 Å². The molecule has 1 saturated carbocycles. The highest BCUT2D eigenvalue weighted by Crippen LogP contribution is 2.32. The predicted molar refractivity (Wildman–Crippen MR) is 199 cm³/mol. The molecule has 1 saturated heterocycles. The molecule has 6 amide bonds. The van der Waals surface area contributed by atoms with Gasteiger partial charge >= 0.3 is 18.0 Å². The molecule has 1 unspecified atom stereocenters. The van der Waals surface area contributed by atoms with Crippen molar-refractivity contribution in [3.8, 4) is 0 Å². The molecule has 4 rings (SSSR count). The highest BCUT2D eigenvalue weighted by Gasteiger charge is 2.52. The van der Waals surface area contributed by atoms with Gasteiger partial charge in [-0.2, -0.15) is 4.48 Å². The van der Waals surface area contributed by atoms with Crippen molar-refractivity contribution < 1.29 is 33.5 Å². The molecule has 0 spiro atoms. The van der Waals surface area contributed by atoms with Crippen molar-refractivity contribution in [3.05, 3.63) is 54.1 Å². The lowest BCUT2D eigenvalue weighted by Gasteiger charge is -2.42. The summed E-state index contributed by atoms with van der Waals surface area (Å²) in [7, 11) is 3.25. The number of urea groups is 2. The normalized spacial score (nSPS) is 18.3. The number of morpholine rings is 1. The number of quaternary nitrogens is 1. The first kappa shape index (κ1) is 41.0. The van der Waals surface area contributed by atoms with Gasteiger partial charge in [-0.25, -0.2) is 19.4 Å². The monoisotopic (exact) mass is 724 g/mol. The van der Waals surface area contributed by atoms with E-state index in [9.17, 15) is 19.5 Å². The van der Waals surface area contributed by atoms with Gasteiger partial charge in [0, 0.05) is 39.4 Å². The number of aryl methyl sites for hydroxylation is 2. The summed E-state index contributed by atoms with van der Waals surface area (Å²) in [6.45, 7) is 6.27. The number of nitrogens with two attached hydrogens (primary N) is 1. The minimum absolute atomic E-state index is 0.00637. The Balaban J connectivity index is 1.73. The van der Waals surface area contributed by atoms with E-state index in [1.54, 1.807) is 26.9 Å². The van der Waals surface area contributed by atoms with E-state index in [4.69, 9.17) is 10.5 Å². The fourth-order valence-corrected chi connectivity index (χ4v) is 7.59.